The summed E-state index contributed by atoms with van der Waals surface area (Å²) < 4.78 is 10.8. The number of amides is 1. The van der Waals surface area contributed by atoms with Crippen LogP contribution in [0.2, 0.25) is 0 Å². The SMILES string of the molecule is C=CCN1C(=O)C(CC)Oc2ccc(C(N)COC)cc21. The number of carbonyl (C=O) groups excluding carboxylic acids is 1. The van der Waals surface area contributed by atoms with Crippen LogP contribution in [0.5, 0.6) is 5.75 Å². The molecule has 1 aliphatic heterocycles. The highest BCUT2D eigenvalue weighted by Gasteiger charge is 2.32. The molecule has 1 amide bonds. The number of nitrogens with two attached hydrogens (primary N) is 1. The number of anilines is 1. The summed E-state index contributed by atoms with van der Waals surface area (Å²) in [5, 5.41) is 0. The summed E-state index contributed by atoms with van der Waals surface area (Å²) in [5.74, 6) is 0.666. The van der Waals surface area contributed by atoms with Gasteiger partial charge in [-0.05, 0) is 24.1 Å². The normalized spacial score (nSPS) is 18.9. The Morgan fingerprint density at radius 1 is 1.57 bits per heavy atom. The smallest absolute Gasteiger partial charge is 0.268 e. The number of fused-ring (bicyclic) bond motifs is 1. The molecule has 5 nitrogen and oxygen atoms in total. The molecule has 0 aliphatic carbocycles. The molecule has 0 fully saturated rings. The molecule has 0 spiro atoms. The molecule has 1 heterocycles. The highest BCUT2D eigenvalue weighted by atomic mass is 16.5. The molecule has 0 radical (unpaired) electrons. The number of carbonyl (C=O) groups is 1. The van der Waals surface area contributed by atoms with E-state index in [0.717, 1.165) is 11.3 Å². The maximum Gasteiger partial charge on any atom is 0.268 e. The molecule has 2 rings (SSSR count). The first-order valence-corrected chi connectivity index (χ1v) is 7.09. The number of hydrogen-bond acceptors (Lipinski definition) is 4. The fraction of sp³-hybridized carbons (Fsp3) is 0.438. The van der Waals surface area contributed by atoms with E-state index in [1.807, 2.05) is 25.1 Å². The maximum absolute atomic E-state index is 12.4. The Labute approximate surface area is 125 Å². The molecular formula is C16H22N2O3. The van der Waals surface area contributed by atoms with E-state index in [-0.39, 0.29) is 11.9 Å². The molecule has 0 saturated carbocycles. The fourth-order valence-electron chi connectivity index (χ4n) is 2.42. The van der Waals surface area contributed by atoms with E-state index >= 15 is 0 Å². The lowest BCUT2D eigenvalue weighted by Crippen LogP contribution is -2.45. The van der Waals surface area contributed by atoms with E-state index in [1.165, 1.54) is 0 Å². The van der Waals surface area contributed by atoms with Gasteiger partial charge in [0.05, 0.1) is 18.3 Å². The number of benzene rings is 1. The van der Waals surface area contributed by atoms with Crippen molar-refractivity contribution < 1.29 is 14.3 Å². The molecule has 2 unspecified atom stereocenters. The second-order valence-corrected chi connectivity index (χ2v) is 5.04. The third kappa shape index (κ3) is 3.09. The van der Waals surface area contributed by atoms with Crippen LogP contribution in [0.1, 0.15) is 24.9 Å². The van der Waals surface area contributed by atoms with Crippen molar-refractivity contribution in [3.05, 3.63) is 36.4 Å². The third-order valence-corrected chi connectivity index (χ3v) is 3.54. The lowest BCUT2D eigenvalue weighted by molar-refractivity contribution is -0.126. The molecule has 2 atom stereocenters. The Morgan fingerprint density at radius 3 is 2.95 bits per heavy atom. The van der Waals surface area contributed by atoms with Crippen molar-refractivity contribution in [3.8, 4) is 5.75 Å². The van der Waals surface area contributed by atoms with Gasteiger partial charge in [-0.3, -0.25) is 4.79 Å². The Balaban J connectivity index is 2.39. The van der Waals surface area contributed by atoms with Gasteiger partial charge in [-0.1, -0.05) is 19.1 Å². The summed E-state index contributed by atoms with van der Waals surface area (Å²) in [4.78, 5) is 14.1. The van der Waals surface area contributed by atoms with Crippen LogP contribution in [0.25, 0.3) is 0 Å². The first kappa shape index (κ1) is 15.5. The molecule has 2 N–H and O–H groups in total. The average molecular weight is 290 g/mol. The summed E-state index contributed by atoms with van der Waals surface area (Å²) in [6.07, 6.45) is 1.91. The molecule has 0 saturated heterocycles. The summed E-state index contributed by atoms with van der Waals surface area (Å²) in [6.45, 7) is 6.53. The molecule has 1 aromatic rings. The third-order valence-electron chi connectivity index (χ3n) is 3.54. The summed E-state index contributed by atoms with van der Waals surface area (Å²) in [6, 6.07) is 5.44. The molecule has 114 valence electrons. The zero-order valence-electron chi connectivity index (χ0n) is 12.5. The molecule has 1 aromatic carbocycles. The van der Waals surface area contributed by atoms with Gasteiger partial charge < -0.3 is 20.1 Å². The number of rotatable bonds is 6. The largest absolute Gasteiger partial charge is 0.478 e. The van der Waals surface area contributed by atoms with Gasteiger partial charge in [-0.25, -0.2) is 0 Å². The van der Waals surface area contributed by atoms with E-state index in [2.05, 4.69) is 6.58 Å². The molecule has 0 aromatic heterocycles. The minimum atomic E-state index is -0.434. The van der Waals surface area contributed by atoms with Gasteiger partial charge in [-0.15, -0.1) is 6.58 Å². The molecular weight excluding hydrogens is 268 g/mol. The lowest BCUT2D eigenvalue weighted by Gasteiger charge is -2.34. The van der Waals surface area contributed by atoms with Crippen LogP contribution in [0.3, 0.4) is 0 Å². The van der Waals surface area contributed by atoms with Crippen LogP contribution in [0, 0.1) is 0 Å². The molecule has 5 heteroatoms. The van der Waals surface area contributed by atoms with Crippen molar-refractivity contribution in [3.63, 3.8) is 0 Å². The number of nitrogens with zero attached hydrogens (tertiary/aromatic N) is 1. The Bertz CT molecular complexity index is 530. The Kier molecular flexibility index (Phi) is 4.98. The summed E-state index contributed by atoms with van der Waals surface area (Å²) >= 11 is 0. The van der Waals surface area contributed by atoms with E-state index in [4.69, 9.17) is 15.2 Å². The average Bonchev–Trinajstić information content (AvgIpc) is 2.49. The van der Waals surface area contributed by atoms with Crippen LogP contribution in [0.15, 0.2) is 30.9 Å². The van der Waals surface area contributed by atoms with Crippen molar-refractivity contribution in [2.75, 3.05) is 25.2 Å². The monoisotopic (exact) mass is 290 g/mol. The van der Waals surface area contributed by atoms with Gasteiger partial charge in [0.15, 0.2) is 6.10 Å². The summed E-state index contributed by atoms with van der Waals surface area (Å²) in [5.41, 5.74) is 7.71. The minimum Gasteiger partial charge on any atom is -0.478 e. The molecule has 1 aliphatic rings. The van der Waals surface area contributed by atoms with Crippen LogP contribution in [0.4, 0.5) is 5.69 Å². The van der Waals surface area contributed by atoms with Crippen LogP contribution in [-0.4, -0.2) is 32.3 Å². The number of ether oxygens (including phenoxy) is 2. The zero-order chi connectivity index (χ0) is 15.4. The van der Waals surface area contributed by atoms with Gasteiger partial charge in [-0.2, -0.15) is 0 Å². The second-order valence-electron chi connectivity index (χ2n) is 5.04. The quantitative estimate of drug-likeness (QED) is 0.814. The van der Waals surface area contributed by atoms with Crippen LogP contribution < -0.4 is 15.4 Å². The highest BCUT2D eigenvalue weighted by molar-refractivity contribution is 6.00. The van der Waals surface area contributed by atoms with E-state index in [9.17, 15) is 4.79 Å². The highest BCUT2D eigenvalue weighted by Crippen LogP contribution is 2.36. The van der Waals surface area contributed by atoms with E-state index in [0.29, 0.717) is 25.3 Å². The van der Waals surface area contributed by atoms with Crippen molar-refractivity contribution in [2.24, 2.45) is 5.73 Å². The number of hydrogen-bond donors (Lipinski definition) is 1. The number of methoxy groups -OCH3 is 1. The van der Waals surface area contributed by atoms with Crippen molar-refractivity contribution in [1.29, 1.82) is 0 Å². The van der Waals surface area contributed by atoms with Gasteiger partial charge in [0, 0.05) is 13.7 Å². The maximum atomic E-state index is 12.4. The summed E-state index contributed by atoms with van der Waals surface area (Å²) in [7, 11) is 1.61. The van der Waals surface area contributed by atoms with Crippen molar-refractivity contribution in [1.82, 2.24) is 0 Å². The van der Waals surface area contributed by atoms with Gasteiger partial charge in [0.2, 0.25) is 0 Å². The van der Waals surface area contributed by atoms with E-state index < -0.39 is 6.10 Å². The Morgan fingerprint density at radius 2 is 2.33 bits per heavy atom. The fourth-order valence-corrected chi connectivity index (χ4v) is 2.42. The lowest BCUT2D eigenvalue weighted by atomic mass is 10.0. The van der Waals surface area contributed by atoms with Crippen LogP contribution >= 0.6 is 0 Å². The molecule has 0 bridgehead atoms. The minimum absolute atomic E-state index is 0.0395. The first-order valence-electron chi connectivity index (χ1n) is 7.09. The first-order chi connectivity index (χ1) is 10.1. The van der Waals surface area contributed by atoms with Crippen LogP contribution in [-0.2, 0) is 9.53 Å². The van der Waals surface area contributed by atoms with E-state index in [1.54, 1.807) is 18.1 Å². The second kappa shape index (κ2) is 6.74. The van der Waals surface area contributed by atoms with Gasteiger partial charge >= 0.3 is 0 Å². The van der Waals surface area contributed by atoms with Crippen molar-refractivity contribution >= 4 is 11.6 Å². The Hall–Kier alpha value is -1.85. The topological polar surface area (TPSA) is 64.8 Å². The standard InChI is InChI=1S/C16H22N2O3/c1-4-8-18-13-9-11(12(17)10-20-3)6-7-15(13)21-14(5-2)16(18)19/h4,6-7,9,12,14H,1,5,8,10,17H2,2-3H3. The zero-order valence-corrected chi connectivity index (χ0v) is 12.5. The predicted octanol–water partition coefficient (Wildman–Crippen LogP) is 2.02. The van der Waals surface area contributed by atoms with Gasteiger partial charge in [0.25, 0.3) is 5.91 Å². The molecule has 21 heavy (non-hydrogen) atoms. The van der Waals surface area contributed by atoms with Gasteiger partial charge in [0.1, 0.15) is 5.75 Å². The predicted molar refractivity (Wildman–Crippen MR) is 82.5 cm³/mol. The van der Waals surface area contributed by atoms with Crippen molar-refractivity contribution in [2.45, 2.75) is 25.5 Å².